The van der Waals surface area contributed by atoms with Gasteiger partial charge in [0, 0.05) is 19.1 Å². The fourth-order valence-electron chi connectivity index (χ4n) is 2.25. The average Bonchev–Trinajstić information content (AvgIpc) is 2.73. The lowest BCUT2D eigenvalue weighted by atomic mass is 10.1. The Labute approximate surface area is 98.1 Å². The molecule has 1 saturated carbocycles. The number of carbonyl (C=O) groups is 1. The van der Waals surface area contributed by atoms with Gasteiger partial charge in [0.05, 0.1) is 6.61 Å². The van der Waals surface area contributed by atoms with Crippen LogP contribution in [0.2, 0.25) is 0 Å². The maximum absolute atomic E-state index is 11.0. The van der Waals surface area contributed by atoms with E-state index >= 15 is 0 Å². The first-order chi connectivity index (χ1) is 7.76. The molecule has 0 spiro atoms. The smallest absolute Gasteiger partial charge is 0.407 e. The molecule has 0 heterocycles. The molecule has 0 aromatic heterocycles. The highest BCUT2D eigenvalue weighted by Crippen LogP contribution is 2.27. The predicted molar refractivity (Wildman–Crippen MR) is 64.4 cm³/mol. The molecule has 1 aliphatic rings. The van der Waals surface area contributed by atoms with Crippen LogP contribution in [0.4, 0.5) is 4.79 Å². The molecule has 2 atom stereocenters. The van der Waals surface area contributed by atoms with Crippen molar-refractivity contribution in [3.05, 3.63) is 0 Å². The van der Waals surface area contributed by atoms with Crippen molar-refractivity contribution >= 4 is 6.09 Å². The third-order valence-electron chi connectivity index (χ3n) is 3.22. The SMILES string of the molecule is CCOC(=O)NCCNC1CCC(CC)C1. The second-order valence-corrected chi connectivity index (χ2v) is 4.39. The maximum Gasteiger partial charge on any atom is 0.407 e. The van der Waals surface area contributed by atoms with E-state index in [2.05, 4.69) is 17.6 Å². The van der Waals surface area contributed by atoms with Crippen LogP contribution in [0.15, 0.2) is 0 Å². The molecule has 1 amide bonds. The average molecular weight is 228 g/mol. The highest BCUT2D eigenvalue weighted by atomic mass is 16.5. The van der Waals surface area contributed by atoms with Crippen molar-refractivity contribution in [2.24, 2.45) is 5.92 Å². The number of hydrogen-bond donors (Lipinski definition) is 2. The monoisotopic (exact) mass is 228 g/mol. The summed E-state index contributed by atoms with van der Waals surface area (Å²) in [6.45, 7) is 5.97. The number of alkyl carbamates (subject to hydrolysis) is 1. The molecule has 0 aromatic rings. The Morgan fingerprint density at radius 3 is 2.75 bits per heavy atom. The molecular formula is C12H24N2O2. The molecule has 0 aromatic carbocycles. The number of nitrogens with one attached hydrogen (secondary N) is 2. The molecule has 2 N–H and O–H groups in total. The fourth-order valence-corrected chi connectivity index (χ4v) is 2.25. The molecule has 0 bridgehead atoms. The Hall–Kier alpha value is -0.770. The van der Waals surface area contributed by atoms with Crippen molar-refractivity contribution in [3.63, 3.8) is 0 Å². The molecule has 94 valence electrons. The van der Waals surface area contributed by atoms with Crippen LogP contribution in [0.1, 0.15) is 39.5 Å². The number of carbonyl (C=O) groups excluding carboxylic acids is 1. The van der Waals surface area contributed by atoms with Gasteiger partial charge in [0.2, 0.25) is 0 Å². The van der Waals surface area contributed by atoms with Crippen LogP contribution in [0, 0.1) is 5.92 Å². The van der Waals surface area contributed by atoms with Gasteiger partial charge in [-0.1, -0.05) is 13.3 Å². The first kappa shape index (κ1) is 13.3. The standard InChI is InChI=1S/C12H24N2O2/c1-3-10-5-6-11(9-10)13-7-8-14-12(15)16-4-2/h10-11,13H,3-9H2,1-2H3,(H,14,15). The summed E-state index contributed by atoms with van der Waals surface area (Å²) in [4.78, 5) is 11.0. The number of ether oxygens (including phenoxy) is 1. The Balaban J connectivity index is 1.97. The van der Waals surface area contributed by atoms with Gasteiger partial charge in [-0.2, -0.15) is 0 Å². The lowest BCUT2D eigenvalue weighted by Crippen LogP contribution is -2.36. The Bertz CT molecular complexity index is 209. The van der Waals surface area contributed by atoms with Crippen molar-refractivity contribution < 1.29 is 9.53 Å². The minimum Gasteiger partial charge on any atom is -0.450 e. The summed E-state index contributed by atoms with van der Waals surface area (Å²) in [5, 5.41) is 6.18. The van der Waals surface area contributed by atoms with E-state index in [0.717, 1.165) is 12.5 Å². The Morgan fingerprint density at radius 2 is 2.12 bits per heavy atom. The highest BCUT2D eigenvalue weighted by molar-refractivity contribution is 5.66. The lowest BCUT2D eigenvalue weighted by molar-refractivity contribution is 0.152. The van der Waals surface area contributed by atoms with E-state index in [9.17, 15) is 4.79 Å². The van der Waals surface area contributed by atoms with Crippen molar-refractivity contribution in [3.8, 4) is 0 Å². The molecule has 4 nitrogen and oxygen atoms in total. The summed E-state index contributed by atoms with van der Waals surface area (Å²) in [7, 11) is 0. The van der Waals surface area contributed by atoms with E-state index in [0.29, 0.717) is 19.2 Å². The van der Waals surface area contributed by atoms with Crippen molar-refractivity contribution in [2.75, 3.05) is 19.7 Å². The molecule has 1 rings (SSSR count). The van der Waals surface area contributed by atoms with Gasteiger partial charge in [0.25, 0.3) is 0 Å². The molecule has 4 heteroatoms. The molecule has 0 saturated heterocycles. The van der Waals surface area contributed by atoms with Crippen molar-refractivity contribution in [1.29, 1.82) is 0 Å². The summed E-state index contributed by atoms with van der Waals surface area (Å²) in [5.41, 5.74) is 0. The summed E-state index contributed by atoms with van der Waals surface area (Å²) in [6, 6.07) is 0.647. The molecular weight excluding hydrogens is 204 g/mol. The van der Waals surface area contributed by atoms with E-state index in [1.807, 2.05) is 0 Å². The van der Waals surface area contributed by atoms with E-state index < -0.39 is 0 Å². The van der Waals surface area contributed by atoms with Gasteiger partial charge >= 0.3 is 6.09 Å². The zero-order valence-electron chi connectivity index (χ0n) is 10.4. The number of rotatable bonds is 6. The quantitative estimate of drug-likeness (QED) is 0.683. The molecule has 1 aliphatic carbocycles. The van der Waals surface area contributed by atoms with Crippen LogP contribution in [-0.2, 0) is 4.74 Å². The van der Waals surface area contributed by atoms with Crippen LogP contribution in [0.5, 0.6) is 0 Å². The minimum absolute atomic E-state index is 0.317. The largest absolute Gasteiger partial charge is 0.450 e. The summed E-state index contributed by atoms with van der Waals surface area (Å²) in [5.74, 6) is 0.899. The van der Waals surface area contributed by atoms with Crippen LogP contribution >= 0.6 is 0 Å². The van der Waals surface area contributed by atoms with Crippen molar-refractivity contribution in [1.82, 2.24) is 10.6 Å². The van der Waals surface area contributed by atoms with Gasteiger partial charge in [-0.3, -0.25) is 0 Å². The van der Waals surface area contributed by atoms with Crippen molar-refractivity contribution in [2.45, 2.75) is 45.6 Å². The van der Waals surface area contributed by atoms with Gasteiger partial charge in [0.1, 0.15) is 0 Å². The van der Waals surface area contributed by atoms with Gasteiger partial charge in [-0.05, 0) is 32.1 Å². The van der Waals surface area contributed by atoms with Crippen LogP contribution in [0.25, 0.3) is 0 Å². The minimum atomic E-state index is -0.317. The molecule has 2 unspecified atom stereocenters. The first-order valence-corrected chi connectivity index (χ1v) is 6.40. The lowest BCUT2D eigenvalue weighted by Gasteiger charge is -2.13. The zero-order chi connectivity index (χ0) is 11.8. The topological polar surface area (TPSA) is 50.4 Å². The van der Waals surface area contributed by atoms with Crippen LogP contribution < -0.4 is 10.6 Å². The predicted octanol–water partition coefficient (Wildman–Crippen LogP) is 1.90. The number of hydrogen-bond acceptors (Lipinski definition) is 3. The van der Waals surface area contributed by atoms with E-state index in [4.69, 9.17) is 4.74 Å². The first-order valence-electron chi connectivity index (χ1n) is 6.40. The maximum atomic E-state index is 11.0. The normalized spacial score (nSPS) is 24.4. The van der Waals surface area contributed by atoms with Gasteiger partial charge in [0.15, 0.2) is 0 Å². The fraction of sp³-hybridized carbons (Fsp3) is 0.917. The second-order valence-electron chi connectivity index (χ2n) is 4.39. The Morgan fingerprint density at radius 1 is 1.31 bits per heavy atom. The molecule has 0 radical (unpaired) electrons. The summed E-state index contributed by atoms with van der Waals surface area (Å²) in [6.07, 6.45) is 4.88. The van der Waals surface area contributed by atoms with E-state index in [-0.39, 0.29) is 6.09 Å². The number of amides is 1. The van der Waals surface area contributed by atoms with Gasteiger partial charge in [-0.15, -0.1) is 0 Å². The van der Waals surface area contributed by atoms with Gasteiger partial charge in [-0.25, -0.2) is 4.79 Å². The zero-order valence-corrected chi connectivity index (χ0v) is 10.4. The van der Waals surface area contributed by atoms with E-state index in [1.165, 1.54) is 25.7 Å². The van der Waals surface area contributed by atoms with Crippen LogP contribution in [-0.4, -0.2) is 31.8 Å². The second kappa shape index (κ2) is 7.49. The highest BCUT2D eigenvalue weighted by Gasteiger charge is 2.22. The van der Waals surface area contributed by atoms with Gasteiger partial charge < -0.3 is 15.4 Å². The third-order valence-corrected chi connectivity index (χ3v) is 3.22. The third kappa shape index (κ3) is 4.84. The molecule has 16 heavy (non-hydrogen) atoms. The molecule has 1 fully saturated rings. The molecule has 0 aliphatic heterocycles. The Kier molecular flexibility index (Phi) is 6.23. The van der Waals surface area contributed by atoms with E-state index in [1.54, 1.807) is 6.92 Å². The van der Waals surface area contributed by atoms with Crippen LogP contribution in [0.3, 0.4) is 0 Å². The summed E-state index contributed by atoms with van der Waals surface area (Å²) < 4.78 is 4.77. The summed E-state index contributed by atoms with van der Waals surface area (Å²) >= 11 is 0.